The van der Waals surface area contributed by atoms with Crippen LogP contribution >= 0.6 is 0 Å². The predicted molar refractivity (Wildman–Crippen MR) is 107 cm³/mol. The number of hydrogen-bond donors (Lipinski definition) is 2. The minimum Gasteiger partial charge on any atom is -0.507 e. The molecule has 5 heteroatoms. The fourth-order valence-corrected chi connectivity index (χ4v) is 4.10. The minimum atomic E-state index is -0.628. The lowest BCUT2D eigenvalue weighted by Crippen LogP contribution is -2.34. The second-order valence-corrected chi connectivity index (χ2v) is 7.85. The zero-order valence-corrected chi connectivity index (χ0v) is 17.0. The lowest BCUT2D eigenvalue weighted by atomic mass is 9.86. The molecule has 0 saturated heterocycles. The molecule has 1 aromatic heterocycles. The van der Waals surface area contributed by atoms with E-state index in [1.807, 2.05) is 39.8 Å². The molecule has 0 fully saturated rings. The van der Waals surface area contributed by atoms with Gasteiger partial charge in [-0.1, -0.05) is 0 Å². The topological polar surface area (TPSA) is 72.1 Å². The summed E-state index contributed by atoms with van der Waals surface area (Å²) in [5.74, 6) is 2.52. The number of hydrogen-bond acceptors (Lipinski definition) is 5. The second kappa shape index (κ2) is 6.45. The van der Waals surface area contributed by atoms with Gasteiger partial charge in [0.15, 0.2) is 16.9 Å². The van der Waals surface area contributed by atoms with Crippen LogP contribution in [-0.2, 0) is 18.6 Å². The Morgan fingerprint density at radius 2 is 1.86 bits per heavy atom. The number of aliphatic hydroxyl groups is 1. The number of aliphatic hydroxyl groups excluding tert-OH is 1. The molecular formula is C23H26O5. The van der Waals surface area contributed by atoms with Gasteiger partial charge in [-0.25, -0.2) is 0 Å². The maximum atomic E-state index is 10.4. The predicted octanol–water partition coefficient (Wildman–Crippen LogP) is 4.80. The molecule has 5 nitrogen and oxygen atoms in total. The van der Waals surface area contributed by atoms with Crippen LogP contribution in [0, 0.1) is 20.8 Å². The molecule has 1 unspecified atom stereocenters. The summed E-state index contributed by atoms with van der Waals surface area (Å²) in [7, 11) is 1.59. The molecule has 2 heterocycles. The first-order valence-electron chi connectivity index (χ1n) is 9.51. The summed E-state index contributed by atoms with van der Waals surface area (Å²) in [6.45, 7) is 7.80. The van der Waals surface area contributed by atoms with Gasteiger partial charge in [-0.2, -0.15) is 0 Å². The number of rotatable bonds is 3. The number of methoxy groups -OCH3 is 1. The Morgan fingerprint density at radius 1 is 1.11 bits per heavy atom. The van der Waals surface area contributed by atoms with Crippen LogP contribution in [0.25, 0.3) is 11.0 Å². The van der Waals surface area contributed by atoms with Crippen LogP contribution < -0.4 is 9.47 Å². The van der Waals surface area contributed by atoms with Crippen LogP contribution in [0.2, 0.25) is 0 Å². The van der Waals surface area contributed by atoms with E-state index in [2.05, 4.69) is 0 Å². The van der Waals surface area contributed by atoms with Gasteiger partial charge < -0.3 is 24.1 Å². The number of aromatic hydroxyl groups is 1. The maximum Gasteiger partial charge on any atom is 0.176 e. The Balaban J connectivity index is 1.83. The van der Waals surface area contributed by atoms with E-state index in [9.17, 15) is 10.2 Å². The summed E-state index contributed by atoms with van der Waals surface area (Å²) in [5.41, 5.74) is 4.55. The molecule has 0 spiro atoms. The number of phenols is 1. The van der Waals surface area contributed by atoms with Crippen molar-refractivity contribution in [2.75, 3.05) is 7.11 Å². The van der Waals surface area contributed by atoms with Crippen molar-refractivity contribution in [3.05, 3.63) is 51.8 Å². The summed E-state index contributed by atoms with van der Waals surface area (Å²) < 4.78 is 18.2. The number of ether oxygens (including phenoxy) is 2. The van der Waals surface area contributed by atoms with E-state index in [1.165, 1.54) is 0 Å². The Morgan fingerprint density at radius 3 is 2.54 bits per heavy atom. The van der Waals surface area contributed by atoms with Crippen molar-refractivity contribution in [1.29, 1.82) is 0 Å². The van der Waals surface area contributed by atoms with Crippen LogP contribution in [0.5, 0.6) is 17.2 Å². The number of furan rings is 1. The summed E-state index contributed by atoms with van der Waals surface area (Å²) in [6, 6.07) is 5.66. The molecule has 1 atom stereocenters. The summed E-state index contributed by atoms with van der Waals surface area (Å²) in [5, 5.41) is 20.8. The number of fused-ring (bicyclic) bond motifs is 2. The highest BCUT2D eigenvalue weighted by molar-refractivity contribution is 5.85. The zero-order chi connectivity index (χ0) is 20.2. The molecule has 1 aliphatic heterocycles. The maximum absolute atomic E-state index is 10.4. The summed E-state index contributed by atoms with van der Waals surface area (Å²) in [4.78, 5) is 0. The van der Waals surface area contributed by atoms with Crippen LogP contribution in [0.3, 0.4) is 0 Å². The van der Waals surface area contributed by atoms with Gasteiger partial charge in [-0.15, -0.1) is 0 Å². The van der Waals surface area contributed by atoms with Crippen molar-refractivity contribution in [1.82, 2.24) is 0 Å². The molecule has 0 radical (unpaired) electrons. The minimum absolute atomic E-state index is 0.0603. The van der Waals surface area contributed by atoms with Crippen molar-refractivity contribution in [2.45, 2.75) is 52.7 Å². The quantitative estimate of drug-likeness (QED) is 0.680. The summed E-state index contributed by atoms with van der Waals surface area (Å²) >= 11 is 0. The third kappa shape index (κ3) is 2.65. The van der Waals surface area contributed by atoms with Gasteiger partial charge in [-0.05, 0) is 81.0 Å². The highest BCUT2D eigenvalue weighted by Crippen LogP contribution is 2.47. The van der Waals surface area contributed by atoms with Gasteiger partial charge in [0.05, 0.1) is 13.7 Å². The Hall–Kier alpha value is -2.66. The first kappa shape index (κ1) is 18.7. The van der Waals surface area contributed by atoms with Crippen LogP contribution in [0.1, 0.15) is 46.9 Å². The van der Waals surface area contributed by atoms with E-state index in [1.54, 1.807) is 13.2 Å². The molecule has 2 aromatic carbocycles. The average Bonchev–Trinajstić information content (AvgIpc) is 3.15. The van der Waals surface area contributed by atoms with E-state index in [0.717, 1.165) is 57.6 Å². The normalized spacial score (nSPS) is 18.8. The van der Waals surface area contributed by atoms with E-state index in [4.69, 9.17) is 13.9 Å². The van der Waals surface area contributed by atoms with Gasteiger partial charge in [0.1, 0.15) is 17.3 Å². The van der Waals surface area contributed by atoms with Gasteiger partial charge in [0, 0.05) is 10.9 Å². The third-order valence-electron chi connectivity index (χ3n) is 6.09. The van der Waals surface area contributed by atoms with E-state index < -0.39 is 5.60 Å². The second-order valence-electron chi connectivity index (χ2n) is 7.85. The van der Waals surface area contributed by atoms with Crippen LogP contribution in [0.15, 0.2) is 22.6 Å². The molecule has 1 aliphatic rings. The number of benzene rings is 2. The fraction of sp³-hybridized carbons (Fsp3) is 0.391. The van der Waals surface area contributed by atoms with Gasteiger partial charge in [-0.3, -0.25) is 0 Å². The molecule has 0 bridgehead atoms. The van der Waals surface area contributed by atoms with Gasteiger partial charge in [0.25, 0.3) is 0 Å². The molecule has 0 saturated carbocycles. The van der Waals surface area contributed by atoms with Crippen LogP contribution in [0.4, 0.5) is 0 Å². The molecule has 0 amide bonds. The van der Waals surface area contributed by atoms with E-state index >= 15 is 0 Å². The Labute approximate surface area is 164 Å². The summed E-state index contributed by atoms with van der Waals surface area (Å²) in [6.07, 6.45) is 1.53. The first-order valence-corrected chi connectivity index (χ1v) is 9.51. The highest BCUT2D eigenvalue weighted by Gasteiger charge is 2.39. The highest BCUT2D eigenvalue weighted by atomic mass is 16.5. The zero-order valence-electron chi connectivity index (χ0n) is 17.0. The monoisotopic (exact) mass is 382 g/mol. The third-order valence-corrected chi connectivity index (χ3v) is 6.09. The average molecular weight is 382 g/mol. The molecule has 2 N–H and O–H groups in total. The van der Waals surface area contributed by atoms with Crippen molar-refractivity contribution in [2.24, 2.45) is 0 Å². The van der Waals surface area contributed by atoms with Crippen molar-refractivity contribution >= 4 is 11.0 Å². The SMILES string of the molecule is COc1cc(CO)cc2cc(C3(C)CCc4c(C)c(O)c(C)c(C)c4O3)oc12. The van der Waals surface area contributed by atoms with Crippen molar-refractivity contribution in [3.8, 4) is 17.2 Å². The molecule has 3 aromatic rings. The largest absolute Gasteiger partial charge is 0.507 e. The first-order chi connectivity index (χ1) is 13.3. The van der Waals surface area contributed by atoms with Crippen LogP contribution in [-0.4, -0.2) is 17.3 Å². The fourth-order valence-electron chi connectivity index (χ4n) is 4.10. The number of phenolic OH excluding ortho intramolecular Hbond substituents is 1. The van der Waals surface area contributed by atoms with Gasteiger partial charge >= 0.3 is 0 Å². The van der Waals surface area contributed by atoms with E-state index in [0.29, 0.717) is 17.1 Å². The Kier molecular flexibility index (Phi) is 4.31. The molecule has 148 valence electrons. The standard InChI is InChI=1S/C23H26O5/c1-12-13(2)21-17(14(3)20(12)25)6-7-23(4,28-21)19-10-16-8-15(11-24)9-18(26-5)22(16)27-19/h8-10,24-25H,6-7,11H2,1-5H3. The van der Waals surface area contributed by atoms with Crippen molar-refractivity contribution in [3.63, 3.8) is 0 Å². The molecular weight excluding hydrogens is 356 g/mol. The van der Waals surface area contributed by atoms with Gasteiger partial charge in [0.2, 0.25) is 0 Å². The van der Waals surface area contributed by atoms with Crippen molar-refractivity contribution < 1.29 is 24.1 Å². The lowest BCUT2D eigenvalue weighted by Gasteiger charge is -2.36. The van der Waals surface area contributed by atoms with E-state index in [-0.39, 0.29) is 6.61 Å². The Bertz CT molecular complexity index is 1080. The molecule has 4 rings (SSSR count). The lowest BCUT2D eigenvalue weighted by molar-refractivity contribution is 0.0403. The molecule has 0 aliphatic carbocycles. The smallest absolute Gasteiger partial charge is 0.176 e. The molecule has 28 heavy (non-hydrogen) atoms.